The van der Waals surface area contributed by atoms with Crippen LogP contribution >= 0.6 is 15.9 Å². The lowest BCUT2D eigenvalue weighted by atomic mass is 10.2. The van der Waals surface area contributed by atoms with Crippen LogP contribution in [0.1, 0.15) is 31.3 Å². The first kappa shape index (κ1) is 11.9. The lowest BCUT2D eigenvalue weighted by molar-refractivity contribution is 0.0681. The molecule has 0 aliphatic carbocycles. The van der Waals surface area contributed by atoms with E-state index >= 15 is 0 Å². The predicted octanol–water partition coefficient (Wildman–Crippen LogP) is 2.11. The Morgan fingerprint density at radius 2 is 2.13 bits per heavy atom. The number of hydrogen-bond acceptors (Lipinski definition) is 4. The van der Waals surface area contributed by atoms with Crippen molar-refractivity contribution in [2.24, 2.45) is 0 Å². The van der Waals surface area contributed by atoms with Crippen molar-refractivity contribution in [3.63, 3.8) is 0 Å². The minimum Gasteiger partial charge on any atom is -0.476 e. The molecule has 0 saturated carbocycles. The molecule has 0 atom stereocenters. The van der Waals surface area contributed by atoms with Gasteiger partial charge in [0.05, 0.1) is 4.47 Å². The van der Waals surface area contributed by atoms with Gasteiger partial charge in [-0.2, -0.15) is 4.98 Å². The largest absolute Gasteiger partial charge is 0.476 e. The quantitative estimate of drug-likeness (QED) is 0.894. The Kier molecular flexibility index (Phi) is 3.28. The van der Waals surface area contributed by atoms with E-state index in [4.69, 9.17) is 9.84 Å². The maximum Gasteiger partial charge on any atom is 0.355 e. The van der Waals surface area contributed by atoms with Crippen molar-refractivity contribution in [2.45, 2.75) is 26.4 Å². The van der Waals surface area contributed by atoms with Crippen molar-refractivity contribution in [3.8, 4) is 6.01 Å². The van der Waals surface area contributed by atoms with Crippen LogP contribution in [-0.2, 0) is 0 Å². The van der Waals surface area contributed by atoms with Gasteiger partial charge >= 0.3 is 12.0 Å². The highest BCUT2D eigenvalue weighted by molar-refractivity contribution is 9.10. The molecule has 5 nitrogen and oxygen atoms in total. The third-order valence-corrected chi connectivity index (χ3v) is 1.90. The number of hydrogen-bond donors (Lipinski definition) is 1. The highest BCUT2D eigenvalue weighted by Gasteiger charge is 2.17. The monoisotopic (exact) mass is 274 g/mol. The molecule has 82 valence electrons. The van der Waals surface area contributed by atoms with Gasteiger partial charge in [-0.15, -0.1) is 0 Å². The van der Waals surface area contributed by atoms with Crippen molar-refractivity contribution >= 4 is 21.9 Å². The van der Waals surface area contributed by atoms with Gasteiger partial charge in [0.1, 0.15) is 5.60 Å². The normalized spacial score (nSPS) is 11.2. The third-order valence-electron chi connectivity index (χ3n) is 1.32. The maximum atomic E-state index is 10.8. The topological polar surface area (TPSA) is 72.3 Å². The molecular weight excluding hydrogens is 264 g/mol. The van der Waals surface area contributed by atoms with E-state index in [-0.39, 0.29) is 11.7 Å². The SMILES string of the molecule is CC(C)(C)Oc1ncc(Br)c(C(=O)O)n1. The van der Waals surface area contributed by atoms with Gasteiger partial charge < -0.3 is 9.84 Å². The molecule has 1 rings (SSSR count). The van der Waals surface area contributed by atoms with Crippen molar-refractivity contribution in [3.05, 3.63) is 16.4 Å². The fourth-order valence-electron chi connectivity index (χ4n) is 0.824. The van der Waals surface area contributed by atoms with E-state index < -0.39 is 11.6 Å². The minimum atomic E-state index is -1.12. The van der Waals surface area contributed by atoms with Crippen molar-refractivity contribution in [1.82, 2.24) is 9.97 Å². The molecule has 1 heterocycles. The Balaban J connectivity index is 3.03. The van der Waals surface area contributed by atoms with Gasteiger partial charge in [0.25, 0.3) is 0 Å². The average Bonchev–Trinajstić information content (AvgIpc) is 2.05. The lowest BCUT2D eigenvalue weighted by Crippen LogP contribution is -2.24. The summed E-state index contributed by atoms with van der Waals surface area (Å²) in [5, 5.41) is 8.81. The van der Waals surface area contributed by atoms with Gasteiger partial charge in [-0.25, -0.2) is 9.78 Å². The molecule has 0 aromatic carbocycles. The number of carboxylic acids is 1. The van der Waals surface area contributed by atoms with Crippen LogP contribution in [0.5, 0.6) is 6.01 Å². The van der Waals surface area contributed by atoms with Crippen LogP contribution in [0.15, 0.2) is 10.7 Å². The van der Waals surface area contributed by atoms with Crippen LogP contribution < -0.4 is 4.74 Å². The molecular formula is C9H11BrN2O3. The molecule has 0 spiro atoms. The van der Waals surface area contributed by atoms with Crippen LogP contribution in [0.3, 0.4) is 0 Å². The molecule has 0 radical (unpaired) electrons. The molecule has 0 saturated heterocycles. The Morgan fingerprint density at radius 3 is 2.60 bits per heavy atom. The molecule has 0 bridgehead atoms. The van der Waals surface area contributed by atoms with Gasteiger partial charge in [0.15, 0.2) is 5.69 Å². The highest BCUT2D eigenvalue weighted by atomic mass is 79.9. The Hall–Kier alpha value is -1.17. The molecule has 1 N–H and O–H groups in total. The predicted molar refractivity (Wildman–Crippen MR) is 57.1 cm³/mol. The van der Waals surface area contributed by atoms with Crippen LogP contribution in [-0.4, -0.2) is 26.6 Å². The molecule has 0 unspecified atom stereocenters. The van der Waals surface area contributed by atoms with Crippen molar-refractivity contribution < 1.29 is 14.6 Å². The molecule has 0 fully saturated rings. The number of aromatic carboxylic acids is 1. The molecule has 0 aliphatic rings. The van der Waals surface area contributed by atoms with E-state index in [0.717, 1.165) is 0 Å². The molecule has 15 heavy (non-hydrogen) atoms. The summed E-state index contributed by atoms with van der Waals surface area (Å²) in [5.41, 5.74) is -0.562. The summed E-state index contributed by atoms with van der Waals surface area (Å²) in [6.07, 6.45) is 1.36. The molecule has 1 aromatic heterocycles. The van der Waals surface area contributed by atoms with Crippen molar-refractivity contribution in [2.75, 3.05) is 0 Å². The summed E-state index contributed by atoms with van der Waals surface area (Å²) in [6.45, 7) is 5.50. The fraction of sp³-hybridized carbons (Fsp3) is 0.444. The second-order valence-corrected chi connectivity index (χ2v) is 4.72. The number of nitrogens with zero attached hydrogens (tertiary/aromatic N) is 2. The molecule has 1 aromatic rings. The Bertz CT molecular complexity index is 387. The van der Waals surface area contributed by atoms with E-state index in [2.05, 4.69) is 25.9 Å². The summed E-state index contributed by atoms with van der Waals surface area (Å²) in [6, 6.07) is 0.0584. The number of carboxylic acid groups (broad SMARTS) is 1. The number of rotatable bonds is 2. The first-order valence-electron chi connectivity index (χ1n) is 4.24. The first-order valence-corrected chi connectivity index (χ1v) is 5.04. The smallest absolute Gasteiger partial charge is 0.355 e. The van der Waals surface area contributed by atoms with E-state index in [1.54, 1.807) is 0 Å². The third kappa shape index (κ3) is 3.47. The van der Waals surface area contributed by atoms with Crippen molar-refractivity contribution in [1.29, 1.82) is 0 Å². The highest BCUT2D eigenvalue weighted by Crippen LogP contribution is 2.18. The summed E-state index contributed by atoms with van der Waals surface area (Å²) in [4.78, 5) is 18.4. The van der Waals surface area contributed by atoms with Crippen LogP contribution in [0.25, 0.3) is 0 Å². The average molecular weight is 275 g/mol. The first-order chi connectivity index (χ1) is 6.79. The number of halogens is 1. The Morgan fingerprint density at radius 1 is 1.53 bits per heavy atom. The van der Waals surface area contributed by atoms with E-state index in [1.807, 2.05) is 20.8 Å². The zero-order valence-electron chi connectivity index (χ0n) is 8.61. The maximum absolute atomic E-state index is 10.8. The molecule has 6 heteroatoms. The van der Waals surface area contributed by atoms with Crippen LogP contribution in [0, 0.1) is 0 Å². The lowest BCUT2D eigenvalue weighted by Gasteiger charge is -2.19. The standard InChI is InChI=1S/C9H11BrN2O3/c1-9(2,3)15-8-11-4-5(10)6(12-8)7(13)14/h4H,1-3H3,(H,13,14). The molecule has 0 amide bonds. The Labute approximate surface area is 95.6 Å². The van der Waals surface area contributed by atoms with E-state index in [9.17, 15) is 4.79 Å². The second kappa shape index (κ2) is 4.14. The number of carbonyl (C=O) groups is 1. The van der Waals surface area contributed by atoms with E-state index in [0.29, 0.717) is 4.47 Å². The zero-order chi connectivity index (χ0) is 11.6. The molecule has 0 aliphatic heterocycles. The minimum absolute atomic E-state index is 0.0584. The van der Waals surface area contributed by atoms with Gasteiger partial charge in [0.2, 0.25) is 0 Å². The zero-order valence-corrected chi connectivity index (χ0v) is 10.2. The van der Waals surface area contributed by atoms with Gasteiger partial charge in [0, 0.05) is 6.20 Å². The number of ether oxygens (including phenoxy) is 1. The van der Waals surface area contributed by atoms with Crippen LogP contribution in [0.2, 0.25) is 0 Å². The van der Waals surface area contributed by atoms with Crippen LogP contribution in [0.4, 0.5) is 0 Å². The summed E-state index contributed by atoms with van der Waals surface area (Å²) < 4.78 is 5.67. The number of aromatic nitrogens is 2. The fourth-order valence-corrected chi connectivity index (χ4v) is 1.18. The summed E-state index contributed by atoms with van der Waals surface area (Å²) in [7, 11) is 0. The van der Waals surface area contributed by atoms with Gasteiger partial charge in [-0.1, -0.05) is 0 Å². The second-order valence-electron chi connectivity index (χ2n) is 3.87. The summed E-state index contributed by atoms with van der Waals surface area (Å²) in [5.74, 6) is -1.12. The van der Waals surface area contributed by atoms with Gasteiger partial charge in [-0.3, -0.25) is 0 Å². The van der Waals surface area contributed by atoms with Gasteiger partial charge in [-0.05, 0) is 36.7 Å². The summed E-state index contributed by atoms with van der Waals surface area (Å²) >= 11 is 3.05. The van der Waals surface area contributed by atoms with E-state index in [1.165, 1.54) is 6.20 Å².